The molecule has 1 aromatic rings. The van der Waals surface area contributed by atoms with Gasteiger partial charge in [0, 0.05) is 11.6 Å². The summed E-state index contributed by atoms with van der Waals surface area (Å²) in [6, 6.07) is 5.27. The van der Waals surface area contributed by atoms with Crippen molar-refractivity contribution in [2.24, 2.45) is 0 Å². The zero-order valence-corrected chi connectivity index (χ0v) is 16.6. The predicted molar refractivity (Wildman–Crippen MR) is 103 cm³/mol. The summed E-state index contributed by atoms with van der Waals surface area (Å²) < 4.78 is 16.1. The topological polar surface area (TPSA) is 82.1 Å². The quantitative estimate of drug-likeness (QED) is 0.494. The number of carbonyl (C=O) groups is 3. The normalized spacial score (nSPS) is 15.6. The Labute approximate surface area is 162 Å². The van der Waals surface area contributed by atoms with E-state index in [0.29, 0.717) is 30.3 Å². The Bertz CT molecular complexity index is 759. The molecule has 7 nitrogen and oxygen atoms in total. The first-order valence-electron chi connectivity index (χ1n) is 8.70. The molecule has 2 rings (SSSR count). The molecule has 1 aliphatic heterocycles. The monoisotopic (exact) mass is 393 g/mol. The maximum atomic E-state index is 12.5. The smallest absolute Gasteiger partial charge is 0.326 e. The van der Waals surface area contributed by atoms with Crippen LogP contribution in [0, 0.1) is 0 Å². The third-order valence-corrected chi connectivity index (χ3v) is 4.32. The summed E-state index contributed by atoms with van der Waals surface area (Å²) in [5.74, 6) is 0.0590. The van der Waals surface area contributed by atoms with E-state index >= 15 is 0 Å². The van der Waals surface area contributed by atoms with E-state index < -0.39 is 23.7 Å². The second-order valence-corrected chi connectivity index (χ2v) is 6.87. The van der Waals surface area contributed by atoms with Crippen molar-refractivity contribution in [3.05, 3.63) is 28.7 Å². The molecule has 0 aliphatic carbocycles. The Morgan fingerprint density at radius 3 is 2.52 bits per heavy atom. The van der Waals surface area contributed by atoms with Crippen LogP contribution in [-0.2, 0) is 14.3 Å². The van der Waals surface area contributed by atoms with Gasteiger partial charge in [0.05, 0.1) is 24.2 Å². The largest absolute Gasteiger partial charge is 0.494 e. The molecule has 8 heteroatoms. The molecule has 0 bridgehead atoms. The number of nitrogens with zero attached hydrogens (tertiary/aromatic N) is 1. The zero-order valence-electron chi connectivity index (χ0n) is 15.8. The lowest BCUT2D eigenvalue weighted by molar-refractivity contribution is -0.149. The summed E-state index contributed by atoms with van der Waals surface area (Å²) in [6.07, 6.45) is 1.27. The Morgan fingerprint density at radius 1 is 1.19 bits per heavy atom. The summed E-state index contributed by atoms with van der Waals surface area (Å²) in [6.45, 7) is 7.70. The summed E-state index contributed by atoms with van der Waals surface area (Å²) in [4.78, 5) is 37.5. The highest BCUT2D eigenvalue weighted by molar-refractivity contribution is 8.18. The second-order valence-electron chi connectivity index (χ2n) is 5.87. The summed E-state index contributed by atoms with van der Waals surface area (Å²) in [5.41, 5.74) is 0.649. The number of hydrogen-bond donors (Lipinski definition) is 0. The van der Waals surface area contributed by atoms with E-state index in [1.54, 1.807) is 38.1 Å². The molecule has 0 aromatic heterocycles. The molecule has 2 amide bonds. The third kappa shape index (κ3) is 5.50. The first-order valence-corrected chi connectivity index (χ1v) is 9.51. The lowest BCUT2D eigenvalue weighted by atomic mass is 10.1. The number of carbonyl (C=O) groups excluding carboxylic acids is 3. The van der Waals surface area contributed by atoms with Crippen LogP contribution in [-0.4, -0.2) is 47.9 Å². The van der Waals surface area contributed by atoms with E-state index in [1.807, 2.05) is 13.8 Å². The molecular formula is C19H23NO6S. The average Bonchev–Trinajstić information content (AvgIpc) is 2.84. The molecule has 0 saturated carbocycles. The Kier molecular flexibility index (Phi) is 7.29. The minimum absolute atomic E-state index is 0.224. The van der Waals surface area contributed by atoms with Gasteiger partial charge in [-0.1, -0.05) is 0 Å². The van der Waals surface area contributed by atoms with Crippen molar-refractivity contribution in [2.75, 3.05) is 19.8 Å². The first-order chi connectivity index (χ1) is 12.8. The van der Waals surface area contributed by atoms with Gasteiger partial charge in [-0.05, 0) is 57.7 Å². The molecule has 1 saturated heterocycles. The summed E-state index contributed by atoms with van der Waals surface area (Å²) in [5, 5.41) is -0.504. The van der Waals surface area contributed by atoms with E-state index in [4.69, 9.17) is 14.2 Å². The minimum atomic E-state index is -0.621. The van der Waals surface area contributed by atoms with E-state index in [1.165, 1.54) is 0 Å². The first kappa shape index (κ1) is 20.8. The molecule has 1 fully saturated rings. The third-order valence-electron chi connectivity index (χ3n) is 3.41. The van der Waals surface area contributed by atoms with Gasteiger partial charge in [0.25, 0.3) is 11.1 Å². The Hall–Kier alpha value is -2.48. The average molecular weight is 393 g/mol. The van der Waals surface area contributed by atoms with Crippen molar-refractivity contribution in [2.45, 2.75) is 33.8 Å². The van der Waals surface area contributed by atoms with Crippen LogP contribution >= 0.6 is 11.8 Å². The fourth-order valence-corrected chi connectivity index (χ4v) is 3.21. The van der Waals surface area contributed by atoms with E-state index in [9.17, 15) is 14.4 Å². The van der Waals surface area contributed by atoms with Gasteiger partial charge in [-0.25, -0.2) is 0 Å². The maximum absolute atomic E-state index is 12.5. The summed E-state index contributed by atoms with van der Waals surface area (Å²) in [7, 11) is 0. The van der Waals surface area contributed by atoms with Gasteiger partial charge in [0.1, 0.15) is 18.0 Å². The van der Waals surface area contributed by atoms with Gasteiger partial charge in [0.2, 0.25) is 0 Å². The molecule has 146 valence electrons. The van der Waals surface area contributed by atoms with E-state index in [2.05, 4.69) is 0 Å². The number of ether oxygens (including phenoxy) is 3. The SMILES string of the molecule is CCOc1ccc(/C=C2/SC(=O)N(CC(=O)OC(C)C)C2=O)c(OCC)c1. The highest BCUT2D eigenvalue weighted by Crippen LogP contribution is 2.35. The van der Waals surface area contributed by atoms with Gasteiger partial charge < -0.3 is 14.2 Å². The van der Waals surface area contributed by atoms with Gasteiger partial charge >= 0.3 is 5.97 Å². The highest BCUT2D eigenvalue weighted by Gasteiger charge is 2.37. The molecule has 0 unspecified atom stereocenters. The molecule has 0 N–H and O–H groups in total. The lowest BCUT2D eigenvalue weighted by Gasteiger charge is -2.13. The van der Waals surface area contributed by atoms with Crippen molar-refractivity contribution in [3.63, 3.8) is 0 Å². The van der Waals surface area contributed by atoms with Gasteiger partial charge in [0.15, 0.2) is 0 Å². The van der Waals surface area contributed by atoms with Crippen molar-refractivity contribution in [1.82, 2.24) is 4.90 Å². The molecule has 27 heavy (non-hydrogen) atoms. The van der Waals surface area contributed by atoms with Crippen LogP contribution in [0.5, 0.6) is 11.5 Å². The number of benzene rings is 1. The predicted octanol–water partition coefficient (Wildman–Crippen LogP) is 3.47. The maximum Gasteiger partial charge on any atom is 0.326 e. The van der Waals surface area contributed by atoms with Crippen molar-refractivity contribution in [3.8, 4) is 11.5 Å². The molecule has 0 radical (unpaired) electrons. The summed E-state index contributed by atoms with van der Waals surface area (Å²) >= 11 is 0.783. The van der Waals surface area contributed by atoms with Crippen LogP contribution < -0.4 is 9.47 Å². The zero-order chi connectivity index (χ0) is 20.0. The number of rotatable bonds is 8. The van der Waals surface area contributed by atoms with Crippen LogP contribution in [0.15, 0.2) is 23.1 Å². The second kappa shape index (κ2) is 9.45. The molecule has 0 atom stereocenters. The van der Waals surface area contributed by atoms with Crippen LogP contribution in [0.3, 0.4) is 0 Å². The lowest BCUT2D eigenvalue weighted by Crippen LogP contribution is -2.35. The van der Waals surface area contributed by atoms with E-state index in [-0.39, 0.29) is 11.0 Å². The van der Waals surface area contributed by atoms with Crippen LogP contribution in [0.25, 0.3) is 6.08 Å². The van der Waals surface area contributed by atoms with Gasteiger partial charge in [-0.3, -0.25) is 19.3 Å². The number of amides is 2. The van der Waals surface area contributed by atoms with E-state index in [0.717, 1.165) is 16.7 Å². The fraction of sp³-hybridized carbons (Fsp3) is 0.421. The van der Waals surface area contributed by atoms with Crippen LogP contribution in [0.1, 0.15) is 33.3 Å². The molecule has 1 heterocycles. The van der Waals surface area contributed by atoms with Crippen molar-refractivity contribution < 1.29 is 28.6 Å². The Morgan fingerprint density at radius 2 is 1.89 bits per heavy atom. The van der Waals surface area contributed by atoms with Gasteiger partial charge in [-0.2, -0.15) is 0 Å². The van der Waals surface area contributed by atoms with Crippen molar-refractivity contribution >= 4 is 35.0 Å². The highest BCUT2D eigenvalue weighted by atomic mass is 32.2. The van der Waals surface area contributed by atoms with Crippen LogP contribution in [0.2, 0.25) is 0 Å². The molecular weight excluding hydrogens is 370 g/mol. The number of imide groups is 1. The number of thioether (sulfide) groups is 1. The number of esters is 1. The number of hydrogen-bond acceptors (Lipinski definition) is 7. The minimum Gasteiger partial charge on any atom is -0.494 e. The molecule has 1 aromatic carbocycles. The van der Waals surface area contributed by atoms with Gasteiger partial charge in [-0.15, -0.1) is 0 Å². The molecule has 0 spiro atoms. The Balaban J connectivity index is 2.22. The fourth-order valence-electron chi connectivity index (χ4n) is 2.38. The van der Waals surface area contributed by atoms with Crippen molar-refractivity contribution in [1.29, 1.82) is 0 Å². The standard InChI is InChI=1S/C19H23NO6S/c1-5-24-14-8-7-13(15(10-14)25-6-2)9-16-18(22)20(19(23)27-16)11-17(21)26-12(3)4/h7-10,12H,5-6,11H2,1-4H3/b16-9+. The van der Waals surface area contributed by atoms with Crippen LogP contribution in [0.4, 0.5) is 4.79 Å². The molecule has 1 aliphatic rings.